The number of furan rings is 1. The third-order valence-electron chi connectivity index (χ3n) is 2.88. The Labute approximate surface area is 124 Å². The normalized spacial score (nSPS) is 10.7. The number of amides is 1. The fourth-order valence-electron chi connectivity index (χ4n) is 1.71. The van der Waals surface area contributed by atoms with Crippen molar-refractivity contribution >= 4 is 33.7 Å². The van der Waals surface area contributed by atoms with Gasteiger partial charge in [-0.2, -0.15) is 0 Å². The number of nitrogens with zero attached hydrogens (tertiary/aromatic N) is 1. The molecular weight excluding hydrogens is 292 g/mol. The third kappa shape index (κ3) is 2.52. The molecule has 0 aliphatic heterocycles. The Morgan fingerprint density at radius 3 is 2.90 bits per heavy atom. The van der Waals surface area contributed by atoms with Gasteiger partial charge in [-0.1, -0.05) is 0 Å². The maximum absolute atomic E-state index is 12.2. The monoisotopic (exact) mass is 304 g/mol. The van der Waals surface area contributed by atoms with E-state index in [1.807, 2.05) is 37.4 Å². The van der Waals surface area contributed by atoms with Gasteiger partial charge in [0, 0.05) is 15.8 Å². The van der Waals surface area contributed by atoms with Gasteiger partial charge < -0.3 is 4.42 Å². The molecular formula is C14H12N2O2S2. The Kier molecular flexibility index (Phi) is 3.42. The van der Waals surface area contributed by atoms with Gasteiger partial charge in [0.25, 0.3) is 5.91 Å². The van der Waals surface area contributed by atoms with Crippen molar-refractivity contribution in [1.82, 2.24) is 4.98 Å². The van der Waals surface area contributed by atoms with Gasteiger partial charge in [0.1, 0.15) is 5.76 Å². The number of carbonyl (C=O) groups excluding carboxylic acids is 1. The van der Waals surface area contributed by atoms with Crippen molar-refractivity contribution in [3.63, 3.8) is 0 Å². The van der Waals surface area contributed by atoms with Crippen LogP contribution in [0.1, 0.15) is 20.2 Å². The first-order valence-electron chi connectivity index (χ1n) is 6.01. The van der Waals surface area contributed by atoms with Crippen LogP contribution in [0.25, 0.3) is 11.3 Å². The molecule has 3 heterocycles. The van der Waals surface area contributed by atoms with E-state index in [1.165, 1.54) is 22.7 Å². The molecule has 3 aromatic heterocycles. The maximum atomic E-state index is 12.2. The zero-order chi connectivity index (χ0) is 14.1. The number of hydrogen-bond acceptors (Lipinski definition) is 5. The highest BCUT2D eigenvalue weighted by atomic mass is 32.1. The lowest BCUT2D eigenvalue weighted by atomic mass is 10.2. The molecule has 0 unspecified atom stereocenters. The largest absolute Gasteiger partial charge is 0.464 e. The molecule has 0 fully saturated rings. The highest BCUT2D eigenvalue weighted by molar-refractivity contribution is 7.16. The van der Waals surface area contributed by atoms with E-state index in [1.54, 1.807) is 6.26 Å². The number of anilines is 1. The van der Waals surface area contributed by atoms with Gasteiger partial charge in [-0.05, 0) is 32.0 Å². The smallest absolute Gasteiger partial charge is 0.267 e. The van der Waals surface area contributed by atoms with E-state index in [4.69, 9.17) is 4.42 Å². The van der Waals surface area contributed by atoms with Crippen LogP contribution in [-0.2, 0) is 0 Å². The molecule has 0 bridgehead atoms. The van der Waals surface area contributed by atoms with Crippen LogP contribution in [0.4, 0.5) is 5.13 Å². The predicted molar refractivity (Wildman–Crippen MR) is 81.6 cm³/mol. The standard InChI is InChI=1S/C14H12N2O2S2/c1-8-9(2)20-14(15-8)16-13(17)12-6-10(7-19-12)11-4-3-5-18-11/h3-7H,1-2H3,(H,15,16,17). The van der Waals surface area contributed by atoms with Crippen molar-refractivity contribution < 1.29 is 9.21 Å². The Balaban J connectivity index is 1.77. The summed E-state index contributed by atoms with van der Waals surface area (Å²) in [7, 11) is 0. The molecule has 0 aliphatic carbocycles. The molecule has 1 amide bonds. The second-order valence-electron chi connectivity index (χ2n) is 4.29. The number of hydrogen-bond donors (Lipinski definition) is 1. The quantitative estimate of drug-likeness (QED) is 0.783. The van der Waals surface area contributed by atoms with Crippen LogP contribution in [0.2, 0.25) is 0 Å². The van der Waals surface area contributed by atoms with Gasteiger partial charge >= 0.3 is 0 Å². The second kappa shape index (κ2) is 5.22. The average Bonchev–Trinajstić information content (AvgIpc) is 3.12. The first kappa shape index (κ1) is 13.1. The summed E-state index contributed by atoms with van der Waals surface area (Å²) in [5.41, 5.74) is 1.87. The molecule has 6 heteroatoms. The summed E-state index contributed by atoms with van der Waals surface area (Å²) in [5, 5.41) is 5.37. The number of carbonyl (C=O) groups is 1. The van der Waals surface area contributed by atoms with Crippen molar-refractivity contribution in [3.8, 4) is 11.3 Å². The number of aromatic nitrogens is 1. The molecule has 0 saturated heterocycles. The molecule has 3 rings (SSSR count). The number of rotatable bonds is 3. The Morgan fingerprint density at radius 2 is 2.25 bits per heavy atom. The lowest BCUT2D eigenvalue weighted by Gasteiger charge is -1.97. The molecule has 0 spiro atoms. The van der Waals surface area contributed by atoms with E-state index < -0.39 is 0 Å². The van der Waals surface area contributed by atoms with E-state index in [-0.39, 0.29) is 5.91 Å². The molecule has 102 valence electrons. The SMILES string of the molecule is Cc1nc(NC(=O)c2cc(-c3ccco3)cs2)sc1C. The van der Waals surface area contributed by atoms with Crippen molar-refractivity contribution in [2.45, 2.75) is 13.8 Å². The topological polar surface area (TPSA) is 55.1 Å². The van der Waals surface area contributed by atoms with Crippen molar-refractivity contribution in [2.75, 3.05) is 5.32 Å². The molecule has 0 aromatic carbocycles. The Morgan fingerprint density at radius 1 is 1.40 bits per heavy atom. The summed E-state index contributed by atoms with van der Waals surface area (Å²) in [5.74, 6) is 0.628. The van der Waals surface area contributed by atoms with Crippen LogP contribution in [0.15, 0.2) is 34.3 Å². The lowest BCUT2D eigenvalue weighted by molar-refractivity contribution is 0.103. The van der Waals surface area contributed by atoms with E-state index in [0.29, 0.717) is 10.0 Å². The van der Waals surface area contributed by atoms with Crippen LogP contribution >= 0.6 is 22.7 Å². The van der Waals surface area contributed by atoms with Crippen LogP contribution in [-0.4, -0.2) is 10.9 Å². The van der Waals surface area contributed by atoms with Crippen molar-refractivity contribution in [1.29, 1.82) is 0 Å². The number of aryl methyl sites for hydroxylation is 2. The molecule has 0 atom stereocenters. The minimum atomic E-state index is -0.137. The summed E-state index contributed by atoms with van der Waals surface area (Å²) in [6, 6.07) is 5.53. The first-order valence-corrected chi connectivity index (χ1v) is 7.71. The predicted octanol–water partition coefficient (Wildman–Crippen LogP) is 4.33. The highest BCUT2D eigenvalue weighted by Crippen LogP contribution is 2.27. The van der Waals surface area contributed by atoms with Gasteiger partial charge in [0.2, 0.25) is 0 Å². The van der Waals surface area contributed by atoms with Gasteiger partial charge in [0.15, 0.2) is 5.13 Å². The number of thiophene rings is 1. The fourth-order valence-corrected chi connectivity index (χ4v) is 3.31. The second-order valence-corrected chi connectivity index (χ2v) is 6.41. The van der Waals surface area contributed by atoms with Crippen LogP contribution < -0.4 is 5.32 Å². The lowest BCUT2D eigenvalue weighted by Crippen LogP contribution is -2.09. The summed E-state index contributed by atoms with van der Waals surface area (Å²) >= 11 is 2.88. The number of nitrogens with one attached hydrogen (secondary N) is 1. The number of thiazole rings is 1. The molecule has 0 saturated carbocycles. The van der Waals surface area contributed by atoms with E-state index in [9.17, 15) is 4.79 Å². The summed E-state index contributed by atoms with van der Waals surface area (Å²) in [6.45, 7) is 3.92. The first-order chi connectivity index (χ1) is 9.63. The maximum Gasteiger partial charge on any atom is 0.267 e. The fraction of sp³-hybridized carbons (Fsp3) is 0.143. The Hall–Kier alpha value is -1.92. The summed E-state index contributed by atoms with van der Waals surface area (Å²) in [4.78, 5) is 18.2. The van der Waals surface area contributed by atoms with E-state index in [0.717, 1.165) is 21.9 Å². The van der Waals surface area contributed by atoms with Gasteiger partial charge in [-0.25, -0.2) is 4.98 Å². The summed E-state index contributed by atoms with van der Waals surface area (Å²) < 4.78 is 5.31. The zero-order valence-corrected chi connectivity index (χ0v) is 12.6. The summed E-state index contributed by atoms with van der Waals surface area (Å²) in [6.07, 6.45) is 1.62. The minimum absolute atomic E-state index is 0.137. The van der Waals surface area contributed by atoms with Crippen LogP contribution in [0.5, 0.6) is 0 Å². The van der Waals surface area contributed by atoms with E-state index >= 15 is 0 Å². The third-order valence-corrected chi connectivity index (χ3v) is 4.80. The van der Waals surface area contributed by atoms with Crippen LogP contribution in [0.3, 0.4) is 0 Å². The molecule has 0 radical (unpaired) electrons. The minimum Gasteiger partial charge on any atom is -0.464 e. The van der Waals surface area contributed by atoms with Crippen molar-refractivity contribution in [3.05, 3.63) is 45.3 Å². The van der Waals surface area contributed by atoms with Gasteiger partial charge in [-0.15, -0.1) is 22.7 Å². The molecule has 3 aromatic rings. The van der Waals surface area contributed by atoms with Crippen molar-refractivity contribution in [2.24, 2.45) is 0 Å². The molecule has 20 heavy (non-hydrogen) atoms. The highest BCUT2D eigenvalue weighted by Gasteiger charge is 2.13. The Bertz CT molecular complexity index is 722. The zero-order valence-electron chi connectivity index (χ0n) is 11.0. The van der Waals surface area contributed by atoms with Gasteiger partial charge in [-0.3, -0.25) is 10.1 Å². The molecule has 1 N–H and O–H groups in total. The van der Waals surface area contributed by atoms with E-state index in [2.05, 4.69) is 10.3 Å². The van der Waals surface area contributed by atoms with Crippen LogP contribution in [0, 0.1) is 13.8 Å². The van der Waals surface area contributed by atoms with Gasteiger partial charge in [0.05, 0.1) is 16.8 Å². The molecule has 4 nitrogen and oxygen atoms in total. The average molecular weight is 304 g/mol. The molecule has 0 aliphatic rings.